The second-order valence-corrected chi connectivity index (χ2v) is 3.95. The van der Waals surface area contributed by atoms with Crippen LogP contribution in [-0.2, 0) is 0 Å². The SMILES string of the molecule is CC.ClC1C=C(CBr)c2ccccc2N1. The summed E-state index contributed by atoms with van der Waals surface area (Å²) in [5.74, 6) is 0. The molecule has 1 unspecified atom stereocenters. The number of halogens is 2. The van der Waals surface area contributed by atoms with Gasteiger partial charge in [0.25, 0.3) is 0 Å². The highest BCUT2D eigenvalue weighted by atomic mass is 79.9. The zero-order chi connectivity index (χ0) is 11.3. The normalized spacial score (nSPS) is 17.9. The van der Waals surface area contributed by atoms with E-state index in [2.05, 4.69) is 27.3 Å². The van der Waals surface area contributed by atoms with Crippen molar-refractivity contribution in [2.45, 2.75) is 19.3 Å². The predicted octanol–water partition coefficient (Wildman–Crippen LogP) is 4.48. The van der Waals surface area contributed by atoms with Gasteiger partial charge >= 0.3 is 0 Å². The van der Waals surface area contributed by atoms with Crippen molar-refractivity contribution < 1.29 is 0 Å². The maximum Gasteiger partial charge on any atom is 0.121 e. The molecule has 0 aliphatic carbocycles. The molecule has 0 aromatic heterocycles. The molecule has 3 heteroatoms. The fourth-order valence-electron chi connectivity index (χ4n) is 1.46. The molecule has 0 saturated carbocycles. The van der Waals surface area contributed by atoms with Crippen LogP contribution in [0.4, 0.5) is 5.69 Å². The van der Waals surface area contributed by atoms with Crippen molar-refractivity contribution in [3.05, 3.63) is 35.9 Å². The van der Waals surface area contributed by atoms with Gasteiger partial charge in [-0.05, 0) is 17.7 Å². The van der Waals surface area contributed by atoms with Gasteiger partial charge in [-0.15, -0.1) is 0 Å². The third kappa shape index (κ3) is 2.99. The van der Waals surface area contributed by atoms with Gasteiger partial charge in [0, 0.05) is 16.6 Å². The van der Waals surface area contributed by atoms with E-state index in [1.165, 1.54) is 11.1 Å². The number of hydrogen-bond acceptors (Lipinski definition) is 1. The van der Waals surface area contributed by atoms with E-state index in [0.717, 1.165) is 11.0 Å². The van der Waals surface area contributed by atoms with Gasteiger partial charge in [0.15, 0.2) is 0 Å². The monoisotopic (exact) mass is 287 g/mol. The van der Waals surface area contributed by atoms with Crippen LogP contribution in [0.3, 0.4) is 0 Å². The van der Waals surface area contributed by atoms with Crippen LogP contribution in [0, 0.1) is 0 Å². The quantitative estimate of drug-likeness (QED) is 0.593. The highest BCUT2D eigenvalue weighted by molar-refractivity contribution is 9.09. The molecule has 0 bridgehead atoms. The summed E-state index contributed by atoms with van der Waals surface area (Å²) in [6, 6.07) is 8.18. The molecule has 0 fully saturated rings. The van der Waals surface area contributed by atoms with E-state index in [-0.39, 0.29) is 5.50 Å². The van der Waals surface area contributed by atoms with Crippen LogP contribution >= 0.6 is 27.5 Å². The summed E-state index contributed by atoms with van der Waals surface area (Å²) < 4.78 is 0. The number of para-hydroxylation sites is 1. The fraction of sp³-hybridized carbons (Fsp3) is 0.333. The lowest BCUT2D eigenvalue weighted by Gasteiger charge is -2.21. The van der Waals surface area contributed by atoms with Gasteiger partial charge in [-0.1, -0.05) is 59.6 Å². The zero-order valence-electron chi connectivity index (χ0n) is 8.93. The summed E-state index contributed by atoms with van der Waals surface area (Å²) in [7, 11) is 0. The summed E-state index contributed by atoms with van der Waals surface area (Å²) in [4.78, 5) is 0. The van der Waals surface area contributed by atoms with Gasteiger partial charge in [-0.3, -0.25) is 0 Å². The van der Waals surface area contributed by atoms with Crippen molar-refractivity contribution in [3.63, 3.8) is 0 Å². The Labute approximate surface area is 105 Å². The van der Waals surface area contributed by atoms with Crippen molar-refractivity contribution in [2.24, 2.45) is 0 Å². The van der Waals surface area contributed by atoms with E-state index in [9.17, 15) is 0 Å². The molecule has 1 aromatic carbocycles. The molecule has 1 heterocycles. The predicted molar refractivity (Wildman–Crippen MR) is 72.8 cm³/mol. The largest absolute Gasteiger partial charge is 0.366 e. The highest BCUT2D eigenvalue weighted by Crippen LogP contribution is 2.31. The van der Waals surface area contributed by atoms with Gasteiger partial charge in [0.05, 0.1) is 0 Å². The average Bonchev–Trinajstić information content (AvgIpc) is 2.30. The third-order valence-corrected chi connectivity index (χ3v) is 2.90. The number of fused-ring (bicyclic) bond motifs is 1. The van der Waals surface area contributed by atoms with Gasteiger partial charge in [-0.2, -0.15) is 0 Å². The molecule has 1 nitrogen and oxygen atoms in total. The van der Waals surface area contributed by atoms with Crippen LogP contribution in [0.5, 0.6) is 0 Å². The molecule has 0 spiro atoms. The molecule has 82 valence electrons. The molecule has 1 aliphatic rings. The number of nitrogens with one attached hydrogen (secondary N) is 1. The first-order valence-corrected chi connectivity index (χ1v) is 6.63. The average molecular weight is 289 g/mol. The summed E-state index contributed by atoms with van der Waals surface area (Å²) in [5.41, 5.74) is 3.49. The maximum atomic E-state index is 6.01. The number of anilines is 1. The van der Waals surface area contributed by atoms with Crippen LogP contribution in [-0.4, -0.2) is 10.8 Å². The molecule has 1 aliphatic heterocycles. The molecule has 1 N–H and O–H groups in total. The fourth-order valence-corrected chi connectivity index (χ4v) is 2.22. The van der Waals surface area contributed by atoms with E-state index in [1.807, 2.05) is 38.1 Å². The van der Waals surface area contributed by atoms with E-state index in [4.69, 9.17) is 11.6 Å². The standard InChI is InChI=1S/C10H9BrClN.C2H6/c11-6-7-5-10(12)13-9-4-2-1-3-8(7)9;1-2/h1-5,10,13H,6H2;1-2H3. The summed E-state index contributed by atoms with van der Waals surface area (Å²) in [5, 5.41) is 4.03. The lowest BCUT2D eigenvalue weighted by molar-refractivity contribution is 1.20. The second-order valence-electron chi connectivity index (χ2n) is 2.92. The minimum atomic E-state index is -0.0950. The first kappa shape index (κ1) is 12.6. The van der Waals surface area contributed by atoms with Crippen molar-refractivity contribution >= 4 is 38.8 Å². The summed E-state index contributed by atoms with van der Waals surface area (Å²) in [6.07, 6.45) is 2.03. The minimum absolute atomic E-state index is 0.0950. The maximum absolute atomic E-state index is 6.01. The van der Waals surface area contributed by atoms with Crippen LogP contribution in [0.1, 0.15) is 19.4 Å². The Morgan fingerprint density at radius 3 is 2.67 bits per heavy atom. The molecule has 1 aromatic rings. The Balaban J connectivity index is 0.000000531. The lowest BCUT2D eigenvalue weighted by atomic mass is 10.0. The van der Waals surface area contributed by atoms with Gasteiger partial charge in [0.1, 0.15) is 5.50 Å². The molecule has 0 radical (unpaired) electrons. The van der Waals surface area contributed by atoms with E-state index in [1.54, 1.807) is 0 Å². The van der Waals surface area contributed by atoms with Crippen molar-refractivity contribution in [1.82, 2.24) is 0 Å². The lowest BCUT2D eigenvalue weighted by Crippen LogP contribution is -2.15. The van der Waals surface area contributed by atoms with Crippen LogP contribution in [0.2, 0.25) is 0 Å². The number of alkyl halides is 2. The number of hydrogen-bond donors (Lipinski definition) is 1. The minimum Gasteiger partial charge on any atom is -0.366 e. The molecule has 2 rings (SSSR count). The van der Waals surface area contributed by atoms with Crippen LogP contribution < -0.4 is 5.32 Å². The van der Waals surface area contributed by atoms with Gasteiger partial charge < -0.3 is 5.32 Å². The first-order valence-electron chi connectivity index (χ1n) is 5.08. The Morgan fingerprint density at radius 1 is 1.33 bits per heavy atom. The summed E-state index contributed by atoms with van der Waals surface area (Å²) >= 11 is 9.46. The van der Waals surface area contributed by atoms with E-state index in [0.29, 0.717) is 0 Å². The van der Waals surface area contributed by atoms with Crippen LogP contribution in [0.25, 0.3) is 5.57 Å². The van der Waals surface area contributed by atoms with Crippen LogP contribution in [0.15, 0.2) is 30.3 Å². The number of rotatable bonds is 1. The Kier molecular flexibility index (Phi) is 5.20. The second kappa shape index (κ2) is 6.19. The van der Waals surface area contributed by atoms with E-state index < -0.39 is 0 Å². The number of allylic oxidation sites excluding steroid dienone is 1. The smallest absolute Gasteiger partial charge is 0.121 e. The first-order chi connectivity index (χ1) is 7.31. The molecule has 0 saturated heterocycles. The van der Waals surface area contributed by atoms with Crippen molar-refractivity contribution in [1.29, 1.82) is 0 Å². The summed E-state index contributed by atoms with van der Waals surface area (Å²) in [6.45, 7) is 4.00. The third-order valence-electron chi connectivity index (χ3n) is 2.06. The van der Waals surface area contributed by atoms with Gasteiger partial charge in [0.2, 0.25) is 0 Å². The van der Waals surface area contributed by atoms with Crippen molar-refractivity contribution in [3.8, 4) is 0 Å². The van der Waals surface area contributed by atoms with Crippen molar-refractivity contribution in [2.75, 3.05) is 10.6 Å². The number of benzene rings is 1. The topological polar surface area (TPSA) is 12.0 Å². The highest BCUT2D eigenvalue weighted by Gasteiger charge is 2.14. The Morgan fingerprint density at radius 2 is 2.00 bits per heavy atom. The molecular formula is C12H15BrClN. The van der Waals surface area contributed by atoms with E-state index >= 15 is 0 Å². The molecule has 15 heavy (non-hydrogen) atoms. The Bertz CT molecular complexity index is 349. The molecular weight excluding hydrogens is 273 g/mol. The molecule has 0 amide bonds. The zero-order valence-corrected chi connectivity index (χ0v) is 11.3. The molecule has 1 atom stereocenters. The van der Waals surface area contributed by atoms with Gasteiger partial charge in [-0.25, -0.2) is 0 Å². The Hall–Kier alpha value is -0.470.